The fourth-order valence-electron chi connectivity index (χ4n) is 3.20. The maximum atomic E-state index is 13.0. The van der Waals surface area contributed by atoms with Crippen molar-refractivity contribution in [1.29, 1.82) is 0 Å². The van der Waals surface area contributed by atoms with Crippen LogP contribution in [0.15, 0.2) is 43.0 Å². The van der Waals surface area contributed by atoms with Crippen molar-refractivity contribution in [2.75, 3.05) is 5.73 Å². The summed E-state index contributed by atoms with van der Waals surface area (Å²) in [6.45, 7) is 3.62. The first-order chi connectivity index (χ1) is 15.3. The Balaban J connectivity index is 1.80. The quantitative estimate of drug-likeness (QED) is 0.443. The second kappa shape index (κ2) is 8.67. The molecule has 0 radical (unpaired) electrons. The Morgan fingerprint density at radius 1 is 1.19 bits per heavy atom. The van der Waals surface area contributed by atoms with Gasteiger partial charge in [0.15, 0.2) is 11.5 Å². The van der Waals surface area contributed by atoms with Crippen LogP contribution in [0.3, 0.4) is 0 Å². The lowest BCUT2D eigenvalue weighted by molar-refractivity contribution is 0.0935. The number of hydrogen-bond acceptors (Lipinski definition) is 8. The number of hydrogen-bond donors (Lipinski definition) is 2. The van der Waals surface area contributed by atoms with Crippen LogP contribution in [-0.4, -0.2) is 40.6 Å². The van der Waals surface area contributed by atoms with Crippen molar-refractivity contribution >= 4 is 23.3 Å². The van der Waals surface area contributed by atoms with E-state index in [1.807, 2.05) is 13.0 Å². The highest BCUT2D eigenvalue weighted by Crippen LogP contribution is 2.31. The molecule has 4 aromatic heterocycles. The van der Waals surface area contributed by atoms with E-state index in [0.29, 0.717) is 39.2 Å². The van der Waals surface area contributed by atoms with Gasteiger partial charge >= 0.3 is 0 Å². The highest BCUT2D eigenvalue weighted by Gasteiger charge is 2.23. The first-order valence-electron chi connectivity index (χ1n) is 9.70. The third-order valence-corrected chi connectivity index (χ3v) is 4.88. The molecule has 0 fully saturated rings. The van der Waals surface area contributed by atoms with Crippen molar-refractivity contribution < 1.29 is 4.79 Å². The topological polar surface area (TPSA) is 137 Å². The number of nitrogens with two attached hydrogens (primary N) is 1. The number of amides is 1. The molecule has 4 heterocycles. The Bertz CT molecular complexity index is 1270. The second-order valence-electron chi connectivity index (χ2n) is 7.18. The Labute approximate surface area is 188 Å². The van der Waals surface area contributed by atoms with Crippen molar-refractivity contribution in [3.05, 3.63) is 65.2 Å². The van der Waals surface area contributed by atoms with Crippen LogP contribution in [0.25, 0.3) is 22.6 Å². The van der Waals surface area contributed by atoms with Crippen LogP contribution in [0.4, 0.5) is 5.82 Å². The SMILES string of the molecule is Cc1cc(-c2nc(C(=O)NC(C)c3ccncn3)c(N)nc2-c2ccn(C)n2)cc(Cl)n1. The number of anilines is 1. The lowest BCUT2D eigenvalue weighted by Crippen LogP contribution is -2.29. The molecule has 4 aromatic rings. The van der Waals surface area contributed by atoms with Crippen LogP contribution in [0.2, 0.25) is 5.15 Å². The average Bonchev–Trinajstić information content (AvgIpc) is 3.19. The van der Waals surface area contributed by atoms with E-state index in [0.717, 1.165) is 0 Å². The predicted molar refractivity (Wildman–Crippen MR) is 120 cm³/mol. The molecule has 162 valence electrons. The number of pyridine rings is 1. The van der Waals surface area contributed by atoms with Crippen LogP contribution in [0.1, 0.15) is 34.8 Å². The van der Waals surface area contributed by atoms with E-state index in [-0.39, 0.29) is 17.6 Å². The molecule has 0 saturated heterocycles. The molecule has 0 saturated carbocycles. The minimum absolute atomic E-state index is 0.00817. The van der Waals surface area contributed by atoms with Gasteiger partial charge in [0, 0.05) is 30.7 Å². The van der Waals surface area contributed by atoms with E-state index in [2.05, 4.69) is 35.3 Å². The molecule has 0 aliphatic rings. The minimum atomic E-state index is -0.480. The molecule has 1 atom stereocenters. The normalized spacial score (nSPS) is 11.9. The van der Waals surface area contributed by atoms with Crippen LogP contribution >= 0.6 is 11.6 Å². The molecule has 0 spiro atoms. The molecule has 3 N–H and O–H groups in total. The number of rotatable bonds is 5. The van der Waals surface area contributed by atoms with Gasteiger partial charge in [-0.15, -0.1) is 0 Å². The van der Waals surface area contributed by atoms with E-state index in [4.69, 9.17) is 17.3 Å². The summed E-state index contributed by atoms with van der Waals surface area (Å²) in [7, 11) is 1.80. The van der Waals surface area contributed by atoms with Crippen LogP contribution < -0.4 is 11.1 Å². The maximum absolute atomic E-state index is 13.0. The van der Waals surface area contributed by atoms with Gasteiger partial charge in [-0.2, -0.15) is 5.10 Å². The number of carbonyl (C=O) groups excluding carboxylic acids is 1. The Morgan fingerprint density at radius 3 is 2.66 bits per heavy atom. The first kappa shape index (κ1) is 21.3. The lowest BCUT2D eigenvalue weighted by Gasteiger charge is -2.15. The van der Waals surface area contributed by atoms with E-state index < -0.39 is 5.91 Å². The first-order valence-corrected chi connectivity index (χ1v) is 10.1. The molecular weight excluding hydrogens is 430 g/mol. The van der Waals surface area contributed by atoms with Gasteiger partial charge in [-0.25, -0.2) is 24.9 Å². The number of aryl methyl sites for hydroxylation is 2. The fraction of sp³-hybridized carbons (Fsp3) is 0.190. The van der Waals surface area contributed by atoms with Crippen LogP contribution in [0.5, 0.6) is 0 Å². The van der Waals surface area contributed by atoms with E-state index in [1.54, 1.807) is 49.2 Å². The highest BCUT2D eigenvalue weighted by atomic mass is 35.5. The van der Waals surface area contributed by atoms with Crippen LogP contribution in [0, 0.1) is 6.92 Å². The summed E-state index contributed by atoms with van der Waals surface area (Å²) in [5, 5.41) is 7.56. The summed E-state index contributed by atoms with van der Waals surface area (Å²) < 4.78 is 1.64. The number of nitrogens with zero attached hydrogens (tertiary/aromatic N) is 7. The Morgan fingerprint density at radius 2 is 2.00 bits per heavy atom. The summed E-state index contributed by atoms with van der Waals surface area (Å²) in [6.07, 6.45) is 4.81. The van der Waals surface area contributed by atoms with Gasteiger partial charge < -0.3 is 11.1 Å². The van der Waals surface area contributed by atoms with Gasteiger partial charge in [0.2, 0.25) is 0 Å². The van der Waals surface area contributed by atoms with Gasteiger partial charge in [-0.3, -0.25) is 9.48 Å². The zero-order valence-electron chi connectivity index (χ0n) is 17.6. The number of nitrogens with one attached hydrogen (secondary N) is 1. The lowest BCUT2D eigenvalue weighted by atomic mass is 10.1. The molecule has 4 rings (SSSR count). The second-order valence-corrected chi connectivity index (χ2v) is 7.57. The summed E-state index contributed by atoms with van der Waals surface area (Å²) >= 11 is 6.18. The smallest absolute Gasteiger partial charge is 0.274 e. The molecule has 32 heavy (non-hydrogen) atoms. The summed E-state index contributed by atoms with van der Waals surface area (Å²) in [5.74, 6) is -0.495. The van der Waals surface area contributed by atoms with Crippen molar-refractivity contribution in [1.82, 2.24) is 40.0 Å². The summed E-state index contributed by atoms with van der Waals surface area (Å²) in [6, 6.07) is 6.59. The van der Waals surface area contributed by atoms with E-state index in [1.165, 1.54) is 6.33 Å². The van der Waals surface area contributed by atoms with Gasteiger partial charge in [0.05, 0.1) is 17.4 Å². The standard InChI is InChI=1S/C21H20ClN9O/c1-11-8-13(9-16(22)26-11)17-18(15-5-7-31(3)30-15)29-20(23)19(28-17)21(32)27-12(2)14-4-6-24-10-25-14/h4-10,12H,1-3H3,(H2,23,29)(H,27,32). The molecule has 10 nitrogen and oxygen atoms in total. The molecular formula is C21H20ClN9O. The predicted octanol–water partition coefficient (Wildman–Crippen LogP) is 2.76. The van der Waals surface area contributed by atoms with Crippen molar-refractivity contribution in [3.63, 3.8) is 0 Å². The molecule has 1 amide bonds. The van der Waals surface area contributed by atoms with Gasteiger partial charge in [-0.1, -0.05) is 11.6 Å². The molecule has 0 aromatic carbocycles. The van der Waals surface area contributed by atoms with Gasteiger partial charge in [0.25, 0.3) is 5.91 Å². The minimum Gasteiger partial charge on any atom is -0.382 e. The number of halogens is 1. The van der Waals surface area contributed by atoms with Crippen molar-refractivity contribution in [3.8, 4) is 22.6 Å². The number of aromatic nitrogens is 7. The van der Waals surface area contributed by atoms with Gasteiger partial charge in [0.1, 0.15) is 22.9 Å². The summed E-state index contributed by atoms with van der Waals surface area (Å²) in [4.78, 5) is 34.3. The molecule has 1 unspecified atom stereocenters. The van der Waals surface area contributed by atoms with E-state index >= 15 is 0 Å². The molecule has 0 aliphatic carbocycles. The zero-order chi connectivity index (χ0) is 22.8. The molecule has 11 heteroatoms. The zero-order valence-corrected chi connectivity index (χ0v) is 18.4. The number of carbonyl (C=O) groups is 1. The third kappa shape index (κ3) is 4.40. The molecule has 0 bridgehead atoms. The highest BCUT2D eigenvalue weighted by molar-refractivity contribution is 6.29. The van der Waals surface area contributed by atoms with E-state index in [9.17, 15) is 4.79 Å². The van der Waals surface area contributed by atoms with Crippen LogP contribution in [-0.2, 0) is 7.05 Å². The monoisotopic (exact) mass is 449 g/mol. The largest absolute Gasteiger partial charge is 0.382 e. The number of nitrogen functional groups attached to an aromatic ring is 1. The third-order valence-electron chi connectivity index (χ3n) is 4.69. The van der Waals surface area contributed by atoms with Crippen molar-refractivity contribution in [2.24, 2.45) is 7.05 Å². The Kier molecular flexibility index (Phi) is 5.78. The fourth-order valence-corrected chi connectivity index (χ4v) is 3.45. The summed E-state index contributed by atoms with van der Waals surface area (Å²) in [5.41, 5.74) is 9.56. The Hall–Kier alpha value is -3.92. The maximum Gasteiger partial charge on any atom is 0.274 e. The molecule has 0 aliphatic heterocycles. The van der Waals surface area contributed by atoms with Crippen molar-refractivity contribution in [2.45, 2.75) is 19.9 Å². The average molecular weight is 450 g/mol. The van der Waals surface area contributed by atoms with Gasteiger partial charge in [-0.05, 0) is 38.1 Å².